The standard InChI is InChI=1S/C16H18O2S/c1-11(17)13-7-3-5-9-15(13)19-16-10-6-4-8-14(16)12(2)18/h3-12,17-18H,1-2H3. The van der Waals surface area contributed by atoms with Crippen LogP contribution in [0.25, 0.3) is 0 Å². The van der Waals surface area contributed by atoms with Gasteiger partial charge in [-0.3, -0.25) is 0 Å². The van der Waals surface area contributed by atoms with Crippen LogP contribution in [0, 0.1) is 0 Å². The minimum absolute atomic E-state index is 0.498. The summed E-state index contributed by atoms with van der Waals surface area (Å²) in [5, 5.41) is 19.6. The predicted molar refractivity (Wildman–Crippen MR) is 78.3 cm³/mol. The van der Waals surface area contributed by atoms with Gasteiger partial charge in [-0.15, -0.1) is 0 Å². The number of hydrogen-bond acceptors (Lipinski definition) is 3. The Balaban J connectivity index is 2.37. The van der Waals surface area contributed by atoms with E-state index in [0.29, 0.717) is 0 Å². The molecule has 0 fully saturated rings. The van der Waals surface area contributed by atoms with Gasteiger partial charge in [-0.2, -0.15) is 0 Å². The van der Waals surface area contributed by atoms with E-state index >= 15 is 0 Å². The van der Waals surface area contributed by atoms with Crippen LogP contribution in [0.2, 0.25) is 0 Å². The van der Waals surface area contributed by atoms with Crippen LogP contribution in [0.15, 0.2) is 58.3 Å². The zero-order valence-corrected chi connectivity index (χ0v) is 11.9. The highest BCUT2D eigenvalue weighted by molar-refractivity contribution is 7.99. The minimum atomic E-state index is -0.498. The number of rotatable bonds is 4. The normalized spacial score (nSPS) is 14.1. The predicted octanol–water partition coefficient (Wildman–Crippen LogP) is 3.94. The molecule has 2 aromatic rings. The Morgan fingerprint density at radius 1 is 0.737 bits per heavy atom. The Hall–Kier alpha value is -1.29. The van der Waals surface area contributed by atoms with Gasteiger partial charge in [0, 0.05) is 9.79 Å². The average molecular weight is 274 g/mol. The van der Waals surface area contributed by atoms with Gasteiger partial charge >= 0.3 is 0 Å². The summed E-state index contributed by atoms with van der Waals surface area (Å²) in [4.78, 5) is 2.04. The van der Waals surface area contributed by atoms with Crippen molar-refractivity contribution in [2.24, 2.45) is 0 Å². The summed E-state index contributed by atoms with van der Waals surface area (Å²) in [5.41, 5.74) is 1.82. The quantitative estimate of drug-likeness (QED) is 0.887. The Labute approximate surface area is 118 Å². The molecule has 2 unspecified atom stereocenters. The molecule has 0 aliphatic heterocycles. The summed E-state index contributed by atoms with van der Waals surface area (Å²) in [6.45, 7) is 3.53. The number of benzene rings is 2. The fraction of sp³-hybridized carbons (Fsp3) is 0.250. The van der Waals surface area contributed by atoms with Crippen molar-refractivity contribution in [3.63, 3.8) is 0 Å². The first-order valence-electron chi connectivity index (χ1n) is 6.31. The van der Waals surface area contributed by atoms with Gasteiger partial charge in [0.05, 0.1) is 12.2 Å². The van der Waals surface area contributed by atoms with Crippen molar-refractivity contribution >= 4 is 11.8 Å². The molecule has 0 radical (unpaired) electrons. The molecule has 0 bridgehead atoms. The summed E-state index contributed by atoms with van der Waals surface area (Å²) in [5.74, 6) is 0. The van der Waals surface area contributed by atoms with Gasteiger partial charge in [-0.05, 0) is 37.1 Å². The van der Waals surface area contributed by atoms with Gasteiger partial charge in [0.15, 0.2) is 0 Å². The van der Waals surface area contributed by atoms with Crippen LogP contribution in [0.1, 0.15) is 37.2 Å². The lowest BCUT2D eigenvalue weighted by atomic mass is 10.1. The first-order valence-corrected chi connectivity index (χ1v) is 7.13. The second-order valence-corrected chi connectivity index (χ2v) is 5.61. The summed E-state index contributed by atoms with van der Waals surface area (Å²) < 4.78 is 0. The number of aliphatic hydroxyl groups is 2. The molecule has 3 heteroatoms. The van der Waals surface area contributed by atoms with Gasteiger partial charge in [-0.25, -0.2) is 0 Å². The van der Waals surface area contributed by atoms with Crippen molar-refractivity contribution in [1.29, 1.82) is 0 Å². The van der Waals surface area contributed by atoms with E-state index in [4.69, 9.17) is 0 Å². The molecule has 0 aliphatic carbocycles. The Bertz CT molecular complexity index is 500. The molecule has 0 aliphatic rings. The Kier molecular flexibility index (Phi) is 4.64. The van der Waals surface area contributed by atoms with Gasteiger partial charge in [-0.1, -0.05) is 48.2 Å². The van der Waals surface area contributed by atoms with Crippen LogP contribution in [0.5, 0.6) is 0 Å². The van der Waals surface area contributed by atoms with Gasteiger partial charge < -0.3 is 10.2 Å². The van der Waals surface area contributed by atoms with Crippen LogP contribution in [-0.2, 0) is 0 Å². The lowest BCUT2D eigenvalue weighted by Gasteiger charge is -2.14. The molecule has 0 aromatic heterocycles. The molecule has 2 atom stereocenters. The molecule has 100 valence electrons. The first kappa shape index (κ1) is 14.1. The highest BCUT2D eigenvalue weighted by atomic mass is 32.2. The summed E-state index contributed by atoms with van der Waals surface area (Å²) in [6, 6.07) is 15.6. The van der Waals surface area contributed by atoms with E-state index in [1.165, 1.54) is 0 Å². The maximum atomic E-state index is 9.80. The van der Waals surface area contributed by atoms with E-state index < -0.39 is 12.2 Å². The van der Waals surface area contributed by atoms with Crippen LogP contribution < -0.4 is 0 Å². The average Bonchev–Trinajstić information content (AvgIpc) is 2.39. The topological polar surface area (TPSA) is 40.5 Å². The molecule has 0 spiro atoms. The first-order chi connectivity index (χ1) is 9.09. The second-order valence-electron chi connectivity index (χ2n) is 4.53. The third-order valence-corrected chi connectivity index (χ3v) is 4.14. The minimum Gasteiger partial charge on any atom is -0.389 e. The maximum absolute atomic E-state index is 9.80. The fourth-order valence-electron chi connectivity index (χ4n) is 1.96. The lowest BCUT2D eigenvalue weighted by molar-refractivity contribution is 0.196. The van der Waals surface area contributed by atoms with E-state index in [2.05, 4.69) is 0 Å². The van der Waals surface area contributed by atoms with Crippen LogP contribution >= 0.6 is 11.8 Å². The molecule has 2 aromatic carbocycles. The zero-order chi connectivity index (χ0) is 13.8. The van der Waals surface area contributed by atoms with E-state index in [1.807, 2.05) is 48.5 Å². The fourth-order valence-corrected chi connectivity index (χ4v) is 3.20. The van der Waals surface area contributed by atoms with Gasteiger partial charge in [0.1, 0.15) is 0 Å². The lowest BCUT2D eigenvalue weighted by Crippen LogP contribution is -1.96. The van der Waals surface area contributed by atoms with Crippen LogP contribution in [-0.4, -0.2) is 10.2 Å². The van der Waals surface area contributed by atoms with E-state index in [9.17, 15) is 10.2 Å². The number of hydrogen-bond donors (Lipinski definition) is 2. The van der Waals surface area contributed by atoms with E-state index in [-0.39, 0.29) is 0 Å². The molecule has 0 saturated heterocycles. The summed E-state index contributed by atoms with van der Waals surface area (Å²) in [6.07, 6.45) is -0.996. The summed E-state index contributed by atoms with van der Waals surface area (Å²) >= 11 is 1.58. The SMILES string of the molecule is CC(O)c1ccccc1Sc1ccccc1C(C)O. The van der Waals surface area contributed by atoms with Gasteiger partial charge in [0.25, 0.3) is 0 Å². The molecule has 19 heavy (non-hydrogen) atoms. The summed E-state index contributed by atoms with van der Waals surface area (Å²) in [7, 11) is 0. The Morgan fingerprint density at radius 3 is 1.47 bits per heavy atom. The smallest absolute Gasteiger partial charge is 0.0772 e. The molecule has 2 N–H and O–H groups in total. The molecule has 0 saturated carbocycles. The van der Waals surface area contributed by atoms with Crippen molar-refractivity contribution in [2.45, 2.75) is 35.8 Å². The monoisotopic (exact) mass is 274 g/mol. The third kappa shape index (κ3) is 3.38. The molecule has 0 heterocycles. The van der Waals surface area contributed by atoms with E-state index in [0.717, 1.165) is 20.9 Å². The van der Waals surface area contributed by atoms with Crippen LogP contribution in [0.4, 0.5) is 0 Å². The van der Waals surface area contributed by atoms with Crippen LogP contribution in [0.3, 0.4) is 0 Å². The molecule has 2 rings (SSSR count). The largest absolute Gasteiger partial charge is 0.389 e. The molecule has 0 amide bonds. The molecule has 2 nitrogen and oxygen atoms in total. The van der Waals surface area contributed by atoms with Gasteiger partial charge in [0.2, 0.25) is 0 Å². The van der Waals surface area contributed by atoms with E-state index in [1.54, 1.807) is 25.6 Å². The third-order valence-electron chi connectivity index (χ3n) is 2.96. The molecular weight excluding hydrogens is 256 g/mol. The highest BCUT2D eigenvalue weighted by Crippen LogP contribution is 2.36. The number of aliphatic hydroxyl groups excluding tert-OH is 2. The van der Waals surface area contributed by atoms with Crippen molar-refractivity contribution in [3.8, 4) is 0 Å². The van der Waals surface area contributed by atoms with Crippen molar-refractivity contribution < 1.29 is 10.2 Å². The Morgan fingerprint density at radius 2 is 1.11 bits per heavy atom. The van der Waals surface area contributed by atoms with Crippen molar-refractivity contribution in [3.05, 3.63) is 59.7 Å². The van der Waals surface area contributed by atoms with Crippen molar-refractivity contribution in [1.82, 2.24) is 0 Å². The molecular formula is C16H18O2S. The second kappa shape index (κ2) is 6.24. The highest BCUT2D eigenvalue weighted by Gasteiger charge is 2.12. The zero-order valence-electron chi connectivity index (χ0n) is 11.1. The maximum Gasteiger partial charge on any atom is 0.0772 e. The van der Waals surface area contributed by atoms with Crippen molar-refractivity contribution in [2.75, 3.05) is 0 Å².